The number of hydrogen-bond donors (Lipinski definition) is 0. The van der Waals surface area contributed by atoms with Gasteiger partial charge in [0.05, 0.1) is 12.2 Å². The number of nitrogens with zero attached hydrogens (tertiary/aromatic N) is 4. The minimum atomic E-state index is -0.785. The highest BCUT2D eigenvalue weighted by Gasteiger charge is 2.54. The number of aryl methyl sites for hydroxylation is 1. The lowest BCUT2D eigenvalue weighted by Gasteiger charge is -2.21. The van der Waals surface area contributed by atoms with Crippen LogP contribution in [-0.4, -0.2) is 28.9 Å². The van der Waals surface area contributed by atoms with Crippen molar-refractivity contribution in [1.29, 1.82) is 0 Å². The predicted octanol–water partition coefficient (Wildman–Crippen LogP) is 3.14. The van der Waals surface area contributed by atoms with Crippen molar-refractivity contribution in [2.75, 3.05) is 4.90 Å². The molecular weight excluding hydrogens is 340 g/mol. The zero-order chi connectivity index (χ0) is 17.6. The van der Waals surface area contributed by atoms with Gasteiger partial charge >= 0.3 is 0 Å². The average Bonchev–Trinajstić information content (AvgIpc) is 3.12. The summed E-state index contributed by atoms with van der Waals surface area (Å²) < 4.78 is 0. The largest absolute Gasteiger partial charge is 0.271 e. The number of carbonyl (C=O) groups is 2. The molecule has 2 aliphatic heterocycles. The zero-order valence-corrected chi connectivity index (χ0v) is 14.2. The third-order valence-electron chi connectivity index (χ3n) is 4.54. The molecule has 6 nitrogen and oxygen atoms in total. The number of anilines is 1. The molecule has 25 heavy (non-hydrogen) atoms. The number of hydrogen-bond acceptors (Lipinski definition) is 5. The smallest absolute Gasteiger partial charge is 0.263 e. The molecule has 2 aliphatic rings. The van der Waals surface area contributed by atoms with Gasteiger partial charge in [0.15, 0.2) is 12.1 Å². The summed E-state index contributed by atoms with van der Waals surface area (Å²) >= 11 is 5.89. The zero-order valence-electron chi connectivity index (χ0n) is 13.5. The molecule has 2 amide bonds. The number of rotatable bonds is 3. The maximum absolute atomic E-state index is 12.9. The number of carbonyl (C=O) groups excluding carboxylic acids is 2. The van der Waals surface area contributed by atoms with Gasteiger partial charge in [-0.1, -0.05) is 41.1 Å². The first-order valence-electron chi connectivity index (χ1n) is 7.91. The molecule has 0 aromatic heterocycles. The van der Waals surface area contributed by atoms with Crippen molar-refractivity contribution < 1.29 is 9.59 Å². The molecule has 0 unspecified atom stereocenters. The van der Waals surface area contributed by atoms with Crippen molar-refractivity contribution in [3.8, 4) is 0 Å². The Hall–Kier alpha value is -2.73. The number of imide groups is 1. The van der Waals surface area contributed by atoms with Gasteiger partial charge in [-0.2, -0.15) is 5.11 Å². The van der Waals surface area contributed by atoms with Crippen LogP contribution in [0, 0.1) is 6.92 Å². The van der Waals surface area contributed by atoms with Gasteiger partial charge < -0.3 is 0 Å². The van der Waals surface area contributed by atoms with Crippen molar-refractivity contribution in [2.24, 2.45) is 10.3 Å². The van der Waals surface area contributed by atoms with E-state index < -0.39 is 12.1 Å². The van der Waals surface area contributed by atoms with Gasteiger partial charge in [-0.25, -0.2) is 4.90 Å². The van der Waals surface area contributed by atoms with Crippen LogP contribution in [0.25, 0.3) is 0 Å². The van der Waals surface area contributed by atoms with Gasteiger partial charge in [0, 0.05) is 5.02 Å². The SMILES string of the molecule is Cc1ccccc1CN1N=N[C@H]2C(=O)N(c3ccc(Cl)cc3)C(=O)[C@H]21. The molecule has 1 saturated heterocycles. The van der Waals surface area contributed by atoms with Crippen molar-refractivity contribution in [2.45, 2.75) is 25.6 Å². The average molecular weight is 355 g/mol. The summed E-state index contributed by atoms with van der Waals surface area (Å²) in [6.45, 7) is 2.44. The summed E-state index contributed by atoms with van der Waals surface area (Å²) in [5.41, 5.74) is 2.65. The molecule has 0 N–H and O–H groups in total. The van der Waals surface area contributed by atoms with Crippen LogP contribution in [-0.2, 0) is 16.1 Å². The van der Waals surface area contributed by atoms with Crippen LogP contribution in [0.2, 0.25) is 5.02 Å². The molecule has 0 radical (unpaired) electrons. The minimum absolute atomic E-state index is 0.309. The summed E-state index contributed by atoms with van der Waals surface area (Å²) in [5.74, 6) is -0.663. The van der Waals surface area contributed by atoms with Crippen molar-refractivity contribution in [3.63, 3.8) is 0 Å². The number of fused-ring (bicyclic) bond motifs is 1. The van der Waals surface area contributed by atoms with Crippen molar-refractivity contribution >= 4 is 29.1 Å². The van der Waals surface area contributed by atoms with Gasteiger partial charge in [0.25, 0.3) is 11.8 Å². The van der Waals surface area contributed by atoms with Crippen LogP contribution in [0.3, 0.4) is 0 Å². The van der Waals surface area contributed by atoms with E-state index in [0.29, 0.717) is 17.3 Å². The topological polar surface area (TPSA) is 65.3 Å². The Labute approximate surface area is 149 Å². The van der Waals surface area contributed by atoms with E-state index in [2.05, 4.69) is 10.3 Å². The monoisotopic (exact) mass is 354 g/mol. The van der Waals surface area contributed by atoms with E-state index in [1.165, 1.54) is 4.90 Å². The minimum Gasteiger partial charge on any atom is -0.271 e. The highest BCUT2D eigenvalue weighted by Crippen LogP contribution is 2.33. The van der Waals surface area contributed by atoms with E-state index in [-0.39, 0.29) is 11.8 Å². The Morgan fingerprint density at radius 3 is 2.48 bits per heavy atom. The first-order valence-corrected chi connectivity index (χ1v) is 8.29. The molecule has 126 valence electrons. The van der Waals surface area contributed by atoms with E-state index >= 15 is 0 Å². The van der Waals surface area contributed by atoms with E-state index in [4.69, 9.17) is 11.6 Å². The molecule has 2 atom stereocenters. The standard InChI is InChI=1S/C18H15ClN4O2/c1-11-4-2-3-5-12(11)10-22-16-15(20-21-22)17(24)23(18(16)25)14-8-6-13(19)7-9-14/h2-9,15-16H,10H2,1H3/t15-,16+/m1/s1. The Morgan fingerprint density at radius 1 is 1.04 bits per heavy atom. The highest BCUT2D eigenvalue weighted by atomic mass is 35.5. The summed E-state index contributed by atoms with van der Waals surface area (Å²) in [6, 6.07) is 13.0. The molecule has 7 heteroatoms. The fourth-order valence-electron chi connectivity index (χ4n) is 3.16. The fourth-order valence-corrected chi connectivity index (χ4v) is 3.29. The van der Waals surface area contributed by atoms with Crippen LogP contribution in [0.5, 0.6) is 0 Å². The summed E-state index contributed by atoms with van der Waals surface area (Å²) in [5, 5.41) is 10.3. The maximum atomic E-state index is 12.9. The molecule has 0 spiro atoms. The lowest BCUT2D eigenvalue weighted by molar-refractivity contribution is -0.123. The van der Waals surface area contributed by atoms with Crippen LogP contribution >= 0.6 is 11.6 Å². The normalized spacial score (nSPS) is 22.0. The quantitative estimate of drug-likeness (QED) is 0.795. The molecule has 2 aromatic carbocycles. The Morgan fingerprint density at radius 2 is 1.76 bits per heavy atom. The number of benzene rings is 2. The fraction of sp³-hybridized carbons (Fsp3) is 0.222. The maximum Gasteiger partial charge on any atom is 0.263 e. The molecule has 0 aliphatic carbocycles. The van der Waals surface area contributed by atoms with Gasteiger partial charge in [-0.05, 0) is 42.3 Å². The first kappa shape index (κ1) is 15.8. The number of amides is 2. The van der Waals surface area contributed by atoms with E-state index in [9.17, 15) is 9.59 Å². The molecule has 2 heterocycles. The van der Waals surface area contributed by atoms with Crippen molar-refractivity contribution in [1.82, 2.24) is 5.01 Å². The van der Waals surface area contributed by atoms with Gasteiger partial charge in [0.2, 0.25) is 0 Å². The molecule has 2 aromatic rings. The third-order valence-corrected chi connectivity index (χ3v) is 4.79. The Balaban J connectivity index is 1.62. The second kappa shape index (κ2) is 5.97. The van der Waals surface area contributed by atoms with Crippen molar-refractivity contribution in [3.05, 3.63) is 64.7 Å². The highest BCUT2D eigenvalue weighted by molar-refractivity contribution is 6.31. The lowest BCUT2D eigenvalue weighted by atomic mass is 10.1. The molecule has 0 saturated carbocycles. The summed E-state index contributed by atoms with van der Waals surface area (Å²) in [4.78, 5) is 26.7. The van der Waals surface area contributed by atoms with Crippen LogP contribution in [0.15, 0.2) is 58.9 Å². The molecule has 1 fully saturated rings. The first-order chi connectivity index (χ1) is 12.1. The van der Waals surface area contributed by atoms with E-state index in [1.54, 1.807) is 29.3 Å². The molecule has 4 rings (SSSR count). The Kier molecular flexibility index (Phi) is 3.77. The summed E-state index contributed by atoms with van der Waals surface area (Å²) in [7, 11) is 0. The lowest BCUT2D eigenvalue weighted by Crippen LogP contribution is -2.39. The number of halogens is 1. The van der Waals surface area contributed by atoms with Gasteiger partial charge in [-0.3, -0.25) is 14.6 Å². The summed E-state index contributed by atoms with van der Waals surface area (Å²) in [6.07, 6.45) is 0. The van der Waals surface area contributed by atoms with E-state index in [1.807, 2.05) is 31.2 Å². The second-order valence-corrected chi connectivity index (χ2v) is 6.54. The second-order valence-electron chi connectivity index (χ2n) is 6.11. The van der Waals surface area contributed by atoms with E-state index in [0.717, 1.165) is 11.1 Å². The molecule has 0 bridgehead atoms. The third kappa shape index (κ3) is 2.59. The van der Waals surface area contributed by atoms with Gasteiger partial charge in [-0.15, -0.1) is 0 Å². The van der Waals surface area contributed by atoms with Gasteiger partial charge in [0.1, 0.15) is 0 Å². The van der Waals surface area contributed by atoms with Crippen LogP contribution in [0.4, 0.5) is 5.69 Å². The van der Waals surface area contributed by atoms with Crippen LogP contribution in [0.1, 0.15) is 11.1 Å². The molecular formula is C18H15ClN4O2. The Bertz CT molecular complexity index is 881. The van der Waals surface area contributed by atoms with Crippen LogP contribution < -0.4 is 4.90 Å². The predicted molar refractivity (Wildman–Crippen MR) is 93.1 cm³/mol.